The van der Waals surface area contributed by atoms with Gasteiger partial charge in [-0.2, -0.15) is 0 Å². The van der Waals surface area contributed by atoms with Crippen molar-refractivity contribution in [3.05, 3.63) is 27.8 Å². The molecule has 1 amide bonds. The first-order chi connectivity index (χ1) is 10.3. The van der Waals surface area contributed by atoms with Crippen LogP contribution in [0.5, 0.6) is 5.75 Å². The third-order valence-corrected chi connectivity index (χ3v) is 4.23. The Bertz CT molecular complexity index is 496. The Hall–Kier alpha value is -0.980. The summed E-state index contributed by atoms with van der Waals surface area (Å²) in [5, 5.41) is 0. The van der Waals surface area contributed by atoms with Gasteiger partial charge in [0, 0.05) is 10.1 Å². The second kappa shape index (κ2) is 7.53. The van der Waals surface area contributed by atoms with Gasteiger partial charge < -0.3 is 14.4 Å². The van der Waals surface area contributed by atoms with E-state index in [4.69, 9.17) is 9.47 Å². The van der Waals surface area contributed by atoms with Gasteiger partial charge in [0.1, 0.15) is 18.0 Å². The summed E-state index contributed by atoms with van der Waals surface area (Å²) in [6, 6.07) is 8.04. The number of hydrogen-bond donors (Lipinski definition) is 0. The first-order valence-electron chi connectivity index (χ1n) is 7.73. The molecule has 122 valence electrons. The molecule has 1 unspecified atom stereocenters. The molecule has 4 nitrogen and oxygen atoms in total. The highest BCUT2D eigenvalue weighted by atomic mass is 127. The predicted octanol–water partition coefficient (Wildman–Crippen LogP) is 4.46. The molecule has 1 atom stereocenters. The number of nitrogens with zero attached hydrogens (tertiary/aromatic N) is 1. The highest BCUT2D eigenvalue weighted by Gasteiger charge is 2.30. The molecule has 0 saturated carbocycles. The lowest BCUT2D eigenvalue weighted by Crippen LogP contribution is -2.48. The Balaban J connectivity index is 1.94. The molecule has 22 heavy (non-hydrogen) atoms. The number of benzene rings is 1. The zero-order valence-electron chi connectivity index (χ0n) is 13.5. The second-order valence-corrected chi connectivity index (χ2v) is 7.83. The Labute approximate surface area is 146 Å². The second-order valence-electron chi connectivity index (χ2n) is 6.59. The van der Waals surface area contributed by atoms with Gasteiger partial charge >= 0.3 is 6.09 Å². The third-order valence-electron chi connectivity index (χ3n) is 3.51. The summed E-state index contributed by atoms with van der Waals surface area (Å²) in [5.41, 5.74) is -0.462. The normalized spacial score (nSPS) is 18.9. The van der Waals surface area contributed by atoms with Gasteiger partial charge in [0.05, 0.1) is 6.04 Å². The van der Waals surface area contributed by atoms with Gasteiger partial charge in [-0.1, -0.05) is 0 Å². The Morgan fingerprint density at radius 1 is 1.27 bits per heavy atom. The monoisotopic (exact) mass is 417 g/mol. The first kappa shape index (κ1) is 17.4. The summed E-state index contributed by atoms with van der Waals surface area (Å²) in [4.78, 5) is 14.1. The maximum absolute atomic E-state index is 12.3. The number of ether oxygens (including phenoxy) is 2. The van der Waals surface area contributed by atoms with Crippen LogP contribution in [-0.2, 0) is 4.74 Å². The maximum Gasteiger partial charge on any atom is 0.410 e. The molecule has 0 bridgehead atoms. The number of piperidine rings is 1. The summed E-state index contributed by atoms with van der Waals surface area (Å²) in [5.74, 6) is 0.843. The molecule has 0 radical (unpaired) electrons. The molecule has 2 rings (SSSR count). The van der Waals surface area contributed by atoms with Gasteiger partial charge in [-0.05, 0) is 86.9 Å². The predicted molar refractivity (Wildman–Crippen MR) is 95.2 cm³/mol. The molecule has 1 fully saturated rings. The Kier molecular flexibility index (Phi) is 5.94. The molecule has 1 aliphatic rings. The van der Waals surface area contributed by atoms with E-state index in [1.165, 1.54) is 3.57 Å². The van der Waals surface area contributed by atoms with Gasteiger partial charge in [-0.25, -0.2) is 4.79 Å². The fourth-order valence-electron chi connectivity index (χ4n) is 2.46. The number of likely N-dealkylation sites (tertiary alicyclic amines) is 1. The molecule has 1 aliphatic heterocycles. The molecule has 0 spiro atoms. The van der Waals surface area contributed by atoms with Crippen molar-refractivity contribution in [1.29, 1.82) is 0 Å². The van der Waals surface area contributed by atoms with Crippen LogP contribution in [0.1, 0.15) is 40.0 Å². The zero-order chi connectivity index (χ0) is 16.2. The van der Waals surface area contributed by atoms with E-state index >= 15 is 0 Å². The smallest absolute Gasteiger partial charge is 0.410 e. The number of carbonyl (C=O) groups excluding carboxylic acids is 1. The molecule has 0 aliphatic carbocycles. The van der Waals surface area contributed by atoms with Crippen LogP contribution < -0.4 is 4.74 Å². The number of hydrogen-bond acceptors (Lipinski definition) is 3. The van der Waals surface area contributed by atoms with Crippen LogP contribution in [0.4, 0.5) is 4.79 Å². The van der Waals surface area contributed by atoms with Crippen LogP contribution >= 0.6 is 22.6 Å². The minimum atomic E-state index is -0.462. The summed E-state index contributed by atoms with van der Waals surface area (Å²) in [7, 11) is 0. The van der Waals surface area contributed by atoms with E-state index in [9.17, 15) is 4.79 Å². The van der Waals surface area contributed by atoms with Crippen LogP contribution in [-0.4, -0.2) is 35.8 Å². The van der Waals surface area contributed by atoms with Crippen LogP contribution in [0.15, 0.2) is 24.3 Å². The lowest BCUT2D eigenvalue weighted by atomic mass is 10.0. The van der Waals surface area contributed by atoms with E-state index < -0.39 is 5.60 Å². The highest BCUT2D eigenvalue weighted by molar-refractivity contribution is 14.1. The van der Waals surface area contributed by atoms with Crippen LogP contribution in [0.2, 0.25) is 0 Å². The SMILES string of the molecule is CC(C)(C)OC(=O)N1CCCCC1COc1ccc(I)cc1. The standard InChI is InChI=1S/C17H24INO3/c1-17(2,3)22-16(20)19-11-5-4-6-14(19)12-21-15-9-7-13(18)8-10-15/h7-10,14H,4-6,11-12H2,1-3H3. The van der Waals surface area contributed by atoms with Crippen molar-refractivity contribution in [2.75, 3.05) is 13.2 Å². The van der Waals surface area contributed by atoms with Crippen LogP contribution in [0, 0.1) is 3.57 Å². The largest absolute Gasteiger partial charge is 0.491 e. The van der Waals surface area contributed by atoms with E-state index in [2.05, 4.69) is 22.6 Å². The van der Waals surface area contributed by atoms with Crippen molar-refractivity contribution >= 4 is 28.7 Å². The van der Waals surface area contributed by atoms with E-state index in [0.717, 1.165) is 31.6 Å². The fourth-order valence-corrected chi connectivity index (χ4v) is 2.82. The van der Waals surface area contributed by atoms with E-state index in [1.54, 1.807) is 0 Å². The molecule has 0 N–H and O–H groups in total. The van der Waals surface area contributed by atoms with Crippen molar-refractivity contribution in [1.82, 2.24) is 4.90 Å². The van der Waals surface area contributed by atoms with Crippen molar-refractivity contribution in [3.8, 4) is 5.75 Å². The minimum Gasteiger partial charge on any atom is -0.491 e. The summed E-state index contributed by atoms with van der Waals surface area (Å²) in [6.45, 7) is 6.94. The number of halogens is 1. The van der Waals surface area contributed by atoms with E-state index in [-0.39, 0.29) is 12.1 Å². The van der Waals surface area contributed by atoms with Crippen molar-refractivity contribution in [3.63, 3.8) is 0 Å². The van der Waals surface area contributed by atoms with Crippen LogP contribution in [0.25, 0.3) is 0 Å². The topological polar surface area (TPSA) is 38.8 Å². The third kappa shape index (κ3) is 5.34. The summed E-state index contributed by atoms with van der Waals surface area (Å²) >= 11 is 2.27. The molecule has 0 aromatic heterocycles. The van der Waals surface area contributed by atoms with E-state index in [0.29, 0.717) is 6.61 Å². The summed E-state index contributed by atoms with van der Waals surface area (Å²) in [6.07, 6.45) is 2.88. The molecule has 5 heteroatoms. The van der Waals surface area contributed by atoms with Crippen molar-refractivity contribution in [2.45, 2.75) is 51.7 Å². The Morgan fingerprint density at radius 2 is 1.95 bits per heavy atom. The van der Waals surface area contributed by atoms with Crippen molar-refractivity contribution in [2.24, 2.45) is 0 Å². The molecule has 1 heterocycles. The molecule has 1 saturated heterocycles. The van der Waals surface area contributed by atoms with Gasteiger partial charge in [-0.3, -0.25) is 0 Å². The molecule has 1 aromatic rings. The van der Waals surface area contributed by atoms with E-state index in [1.807, 2.05) is 49.9 Å². The zero-order valence-corrected chi connectivity index (χ0v) is 15.6. The average Bonchev–Trinajstić information content (AvgIpc) is 2.45. The highest BCUT2D eigenvalue weighted by Crippen LogP contribution is 2.22. The molecular weight excluding hydrogens is 393 g/mol. The van der Waals surface area contributed by atoms with Crippen molar-refractivity contribution < 1.29 is 14.3 Å². The summed E-state index contributed by atoms with van der Waals surface area (Å²) < 4.78 is 12.5. The van der Waals surface area contributed by atoms with Gasteiger partial charge in [0.2, 0.25) is 0 Å². The fraction of sp³-hybridized carbons (Fsp3) is 0.588. The maximum atomic E-state index is 12.3. The lowest BCUT2D eigenvalue weighted by molar-refractivity contribution is 0.00361. The average molecular weight is 417 g/mol. The first-order valence-corrected chi connectivity index (χ1v) is 8.81. The molecule has 1 aromatic carbocycles. The Morgan fingerprint density at radius 3 is 2.59 bits per heavy atom. The van der Waals surface area contributed by atoms with Gasteiger partial charge in [0.15, 0.2) is 0 Å². The van der Waals surface area contributed by atoms with Crippen LogP contribution in [0.3, 0.4) is 0 Å². The quantitative estimate of drug-likeness (QED) is 0.682. The lowest BCUT2D eigenvalue weighted by Gasteiger charge is -2.36. The number of rotatable bonds is 3. The molecular formula is C17H24INO3. The number of carbonyl (C=O) groups is 1. The minimum absolute atomic E-state index is 0.0860. The van der Waals surface area contributed by atoms with Gasteiger partial charge in [-0.15, -0.1) is 0 Å². The number of amides is 1. The van der Waals surface area contributed by atoms with Gasteiger partial charge in [0.25, 0.3) is 0 Å².